The third kappa shape index (κ3) is 5.15. The summed E-state index contributed by atoms with van der Waals surface area (Å²) < 4.78 is 32.2. The highest BCUT2D eigenvalue weighted by Gasteiger charge is 2.13. The van der Waals surface area contributed by atoms with Gasteiger partial charge < -0.3 is 9.84 Å². The third-order valence-corrected chi connectivity index (χ3v) is 5.45. The van der Waals surface area contributed by atoms with Crippen molar-refractivity contribution in [3.05, 3.63) is 83.9 Å². The Kier molecular flexibility index (Phi) is 6.33. The van der Waals surface area contributed by atoms with Crippen LogP contribution in [0, 0.1) is 0 Å². The number of nitrogens with one attached hydrogen (secondary N) is 2. The molecule has 8 nitrogen and oxygen atoms in total. The number of nitrogens with zero attached hydrogens (tertiary/aromatic N) is 1. The number of benzene rings is 3. The summed E-state index contributed by atoms with van der Waals surface area (Å²) in [5.41, 5.74) is 3.32. The first-order valence-electron chi connectivity index (χ1n) is 8.77. The molecule has 0 aliphatic rings. The molecule has 0 heterocycles. The Morgan fingerprint density at radius 2 is 1.73 bits per heavy atom. The number of hydrogen-bond acceptors (Lipinski definition) is 6. The summed E-state index contributed by atoms with van der Waals surface area (Å²) in [4.78, 5) is 12.4. The van der Waals surface area contributed by atoms with Crippen LogP contribution in [-0.4, -0.2) is 32.8 Å². The largest absolute Gasteiger partial charge is 0.507 e. The molecule has 0 aliphatic carbocycles. The Morgan fingerprint density at radius 1 is 1.03 bits per heavy atom. The molecular formula is C21H19N3O5S. The lowest BCUT2D eigenvalue weighted by atomic mass is 10.2. The van der Waals surface area contributed by atoms with Gasteiger partial charge in [0.15, 0.2) is 0 Å². The molecule has 0 fully saturated rings. The van der Waals surface area contributed by atoms with Crippen LogP contribution in [-0.2, 0) is 10.0 Å². The fourth-order valence-electron chi connectivity index (χ4n) is 2.49. The van der Waals surface area contributed by atoms with E-state index >= 15 is 0 Å². The lowest BCUT2D eigenvalue weighted by Gasteiger charge is -2.08. The zero-order valence-electron chi connectivity index (χ0n) is 15.9. The van der Waals surface area contributed by atoms with E-state index in [9.17, 15) is 18.3 Å². The van der Waals surface area contributed by atoms with E-state index in [2.05, 4.69) is 15.2 Å². The lowest BCUT2D eigenvalue weighted by Crippen LogP contribution is -2.18. The maximum atomic E-state index is 12.3. The minimum atomic E-state index is -3.71. The van der Waals surface area contributed by atoms with E-state index in [1.807, 2.05) is 0 Å². The number of carbonyl (C=O) groups is 1. The molecule has 154 valence electrons. The van der Waals surface area contributed by atoms with Crippen LogP contribution in [0.5, 0.6) is 11.5 Å². The maximum absolute atomic E-state index is 12.3. The van der Waals surface area contributed by atoms with Crippen molar-refractivity contribution in [1.82, 2.24) is 5.43 Å². The van der Waals surface area contributed by atoms with E-state index in [1.54, 1.807) is 30.3 Å². The molecule has 0 saturated carbocycles. The van der Waals surface area contributed by atoms with Gasteiger partial charge >= 0.3 is 0 Å². The smallest absolute Gasteiger partial charge is 0.271 e. The van der Waals surface area contributed by atoms with Crippen LogP contribution in [0.4, 0.5) is 5.69 Å². The quantitative estimate of drug-likeness (QED) is 0.397. The first-order chi connectivity index (χ1) is 14.4. The highest BCUT2D eigenvalue weighted by Crippen LogP contribution is 2.21. The molecule has 3 aromatic rings. The number of hydrogen-bond donors (Lipinski definition) is 3. The van der Waals surface area contributed by atoms with Crippen molar-refractivity contribution >= 4 is 27.8 Å². The Morgan fingerprint density at radius 3 is 2.40 bits per heavy atom. The van der Waals surface area contributed by atoms with Crippen molar-refractivity contribution in [1.29, 1.82) is 0 Å². The monoisotopic (exact) mass is 425 g/mol. The normalized spacial score (nSPS) is 11.2. The first-order valence-corrected chi connectivity index (χ1v) is 10.3. The molecule has 0 atom stereocenters. The summed E-state index contributed by atoms with van der Waals surface area (Å²) >= 11 is 0. The number of sulfonamides is 1. The fraction of sp³-hybridized carbons (Fsp3) is 0.0476. The molecule has 0 radical (unpaired) electrons. The molecule has 0 unspecified atom stereocenters. The molecule has 1 amide bonds. The average molecular weight is 425 g/mol. The van der Waals surface area contributed by atoms with Gasteiger partial charge in [0.05, 0.1) is 18.2 Å². The van der Waals surface area contributed by atoms with E-state index in [1.165, 1.54) is 55.8 Å². The average Bonchev–Trinajstić information content (AvgIpc) is 2.76. The maximum Gasteiger partial charge on any atom is 0.271 e. The number of amides is 1. The van der Waals surface area contributed by atoms with E-state index in [-0.39, 0.29) is 16.2 Å². The number of hydrazone groups is 1. The Balaban J connectivity index is 1.64. The summed E-state index contributed by atoms with van der Waals surface area (Å²) in [5.74, 6) is 0.0316. The Bertz CT molecular complexity index is 1160. The van der Waals surface area contributed by atoms with Gasteiger partial charge in [0.1, 0.15) is 11.5 Å². The lowest BCUT2D eigenvalue weighted by molar-refractivity contribution is 0.0955. The van der Waals surface area contributed by atoms with E-state index in [0.29, 0.717) is 17.0 Å². The molecule has 3 rings (SSSR count). The molecule has 0 aliphatic heterocycles. The van der Waals surface area contributed by atoms with Gasteiger partial charge in [0.25, 0.3) is 15.9 Å². The number of ether oxygens (including phenoxy) is 1. The molecule has 9 heteroatoms. The summed E-state index contributed by atoms with van der Waals surface area (Å²) in [6.07, 6.45) is 1.29. The SMILES string of the molecule is COc1ccc(O)c(/C=N\NC(=O)c2ccc(NS(=O)(=O)c3ccccc3)cc2)c1. The number of rotatable bonds is 7. The second-order valence-corrected chi connectivity index (χ2v) is 7.80. The van der Waals surface area contributed by atoms with Gasteiger partial charge in [-0.2, -0.15) is 5.10 Å². The highest BCUT2D eigenvalue weighted by atomic mass is 32.2. The molecule has 30 heavy (non-hydrogen) atoms. The predicted molar refractivity (Wildman–Crippen MR) is 113 cm³/mol. The minimum absolute atomic E-state index is 0.0103. The molecule has 3 aromatic carbocycles. The second kappa shape index (κ2) is 9.10. The Hall–Kier alpha value is -3.85. The number of phenolic OH excluding ortho intramolecular Hbond substituents is 1. The number of anilines is 1. The van der Waals surface area contributed by atoms with Gasteiger partial charge in [-0.05, 0) is 54.6 Å². The van der Waals surface area contributed by atoms with Crippen molar-refractivity contribution in [2.24, 2.45) is 5.10 Å². The van der Waals surface area contributed by atoms with Crippen LogP contribution in [0.1, 0.15) is 15.9 Å². The fourth-order valence-corrected chi connectivity index (χ4v) is 3.57. The van der Waals surface area contributed by atoms with Gasteiger partial charge in [-0.1, -0.05) is 18.2 Å². The van der Waals surface area contributed by atoms with Crippen LogP contribution in [0.15, 0.2) is 82.8 Å². The summed E-state index contributed by atoms with van der Waals surface area (Å²) in [5, 5.41) is 13.6. The van der Waals surface area contributed by atoms with Gasteiger partial charge in [0, 0.05) is 16.8 Å². The van der Waals surface area contributed by atoms with Crippen molar-refractivity contribution in [3.8, 4) is 11.5 Å². The number of methoxy groups -OCH3 is 1. The summed E-state index contributed by atoms with van der Waals surface area (Å²) in [6, 6.07) is 18.5. The zero-order valence-corrected chi connectivity index (χ0v) is 16.8. The molecular weight excluding hydrogens is 406 g/mol. The van der Waals surface area contributed by atoms with Crippen LogP contribution in [0.3, 0.4) is 0 Å². The van der Waals surface area contributed by atoms with Crippen LogP contribution < -0.4 is 14.9 Å². The standard InChI is InChI=1S/C21H19N3O5S/c1-29-18-11-12-20(25)16(13-18)14-22-23-21(26)15-7-9-17(10-8-15)24-30(27,28)19-5-3-2-4-6-19/h2-14,24-25H,1H3,(H,23,26)/b22-14-. The van der Waals surface area contributed by atoms with Crippen molar-refractivity contribution in [2.75, 3.05) is 11.8 Å². The summed E-state index contributed by atoms with van der Waals surface area (Å²) in [6.45, 7) is 0. The van der Waals surface area contributed by atoms with E-state index in [0.717, 1.165) is 0 Å². The molecule has 0 spiro atoms. The van der Waals surface area contributed by atoms with E-state index in [4.69, 9.17) is 4.74 Å². The van der Waals surface area contributed by atoms with Crippen molar-refractivity contribution in [3.63, 3.8) is 0 Å². The highest BCUT2D eigenvalue weighted by molar-refractivity contribution is 7.92. The second-order valence-electron chi connectivity index (χ2n) is 6.12. The van der Waals surface area contributed by atoms with Crippen LogP contribution in [0.25, 0.3) is 0 Å². The van der Waals surface area contributed by atoms with Gasteiger partial charge in [0.2, 0.25) is 0 Å². The van der Waals surface area contributed by atoms with Crippen molar-refractivity contribution in [2.45, 2.75) is 4.90 Å². The Labute approximate surface area is 173 Å². The first kappa shape index (κ1) is 20.9. The predicted octanol–water partition coefficient (Wildman–Crippen LogP) is 2.97. The van der Waals surface area contributed by atoms with Crippen molar-refractivity contribution < 1.29 is 23.1 Å². The number of aromatic hydroxyl groups is 1. The number of carbonyl (C=O) groups excluding carboxylic acids is 1. The zero-order chi connectivity index (χ0) is 21.6. The molecule has 0 bridgehead atoms. The third-order valence-electron chi connectivity index (χ3n) is 4.06. The van der Waals surface area contributed by atoms with Crippen LogP contribution >= 0.6 is 0 Å². The molecule has 3 N–H and O–H groups in total. The molecule has 0 aromatic heterocycles. The van der Waals surface area contributed by atoms with Gasteiger partial charge in [-0.15, -0.1) is 0 Å². The molecule has 0 saturated heterocycles. The van der Waals surface area contributed by atoms with Gasteiger partial charge in [-0.25, -0.2) is 13.8 Å². The summed E-state index contributed by atoms with van der Waals surface area (Å²) in [7, 11) is -2.21. The van der Waals surface area contributed by atoms with E-state index < -0.39 is 15.9 Å². The van der Waals surface area contributed by atoms with Gasteiger partial charge in [-0.3, -0.25) is 9.52 Å². The van der Waals surface area contributed by atoms with Crippen LogP contribution in [0.2, 0.25) is 0 Å². The minimum Gasteiger partial charge on any atom is -0.507 e. The number of phenols is 1. The topological polar surface area (TPSA) is 117 Å².